The first-order chi connectivity index (χ1) is 20.0. The first-order valence-corrected chi connectivity index (χ1v) is 16.8. The average Bonchev–Trinajstić information content (AvgIpc) is 3.25. The second-order valence-electron chi connectivity index (χ2n) is 11.7. The van der Waals surface area contributed by atoms with Crippen molar-refractivity contribution in [2.75, 3.05) is 13.7 Å². The van der Waals surface area contributed by atoms with Gasteiger partial charge in [0.1, 0.15) is 11.5 Å². The third-order valence-electron chi connectivity index (χ3n) is 8.79. The minimum absolute atomic E-state index is 0.128. The first-order valence-electron chi connectivity index (χ1n) is 14.5. The third kappa shape index (κ3) is 6.61. The van der Waals surface area contributed by atoms with Gasteiger partial charge in [0.05, 0.1) is 23.1 Å². The van der Waals surface area contributed by atoms with Crippen molar-refractivity contribution in [3.8, 4) is 11.5 Å². The molecule has 1 amide bonds. The summed E-state index contributed by atoms with van der Waals surface area (Å²) in [5, 5.41) is 0. The number of rotatable bonds is 10. The van der Waals surface area contributed by atoms with Gasteiger partial charge in [0, 0.05) is 23.7 Å². The van der Waals surface area contributed by atoms with Gasteiger partial charge in [-0.05, 0) is 96.8 Å². The molecule has 2 aromatic rings. The van der Waals surface area contributed by atoms with Gasteiger partial charge in [-0.3, -0.25) is 4.79 Å². The summed E-state index contributed by atoms with van der Waals surface area (Å²) in [6.45, 7) is 0.547. The van der Waals surface area contributed by atoms with E-state index < -0.39 is 33.5 Å². The zero-order valence-corrected chi connectivity index (χ0v) is 26.0. The molecule has 12 heteroatoms. The largest absolute Gasteiger partial charge is 0.496 e. The minimum Gasteiger partial charge on any atom is -0.496 e. The summed E-state index contributed by atoms with van der Waals surface area (Å²) in [6, 6.07) is 6.16. The lowest BCUT2D eigenvalue weighted by Gasteiger charge is -2.41. The van der Waals surface area contributed by atoms with Crippen molar-refractivity contribution in [2.45, 2.75) is 92.8 Å². The topological polar surface area (TPSA) is 111 Å². The van der Waals surface area contributed by atoms with Crippen molar-refractivity contribution in [2.24, 2.45) is 11.7 Å². The van der Waals surface area contributed by atoms with Crippen LogP contribution >= 0.6 is 15.9 Å². The Morgan fingerprint density at radius 1 is 1.07 bits per heavy atom. The predicted molar refractivity (Wildman–Crippen MR) is 158 cm³/mol. The number of methoxy groups -OCH3 is 1. The highest BCUT2D eigenvalue weighted by Gasteiger charge is 2.53. The molecule has 1 aliphatic carbocycles. The van der Waals surface area contributed by atoms with E-state index in [2.05, 4.69) is 20.7 Å². The van der Waals surface area contributed by atoms with Crippen LogP contribution in [0.5, 0.6) is 11.5 Å². The van der Waals surface area contributed by atoms with Gasteiger partial charge in [-0.25, -0.2) is 8.42 Å². The molecule has 0 spiro atoms. The number of sulfonamides is 1. The van der Waals surface area contributed by atoms with E-state index in [4.69, 9.17) is 15.2 Å². The number of hydrogen-bond donors (Lipinski definition) is 2. The van der Waals surface area contributed by atoms with Crippen molar-refractivity contribution in [3.05, 3.63) is 52.5 Å². The van der Waals surface area contributed by atoms with Crippen LogP contribution in [-0.2, 0) is 20.7 Å². The van der Waals surface area contributed by atoms with E-state index in [0.717, 1.165) is 25.0 Å². The molecule has 5 rings (SSSR count). The Balaban J connectivity index is 1.41. The number of carbonyl (C=O) groups is 1. The van der Waals surface area contributed by atoms with E-state index >= 15 is 8.78 Å². The van der Waals surface area contributed by atoms with Gasteiger partial charge in [-0.1, -0.05) is 25.3 Å². The summed E-state index contributed by atoms with van der Waals surface area (Å²) < 4.78 is 73.3. The number of fused-ring (bicyclic) bond motifs is 2. The second-order valence-corrected chi connectivity index (χ2v) is 14.2. The molecule has 2 aromatic carbocycles. The first kappa shape index (κ1) is 31.2. The smallest absolute Gasteiger partial charge is 0.298 e. The highest BCUT2D eigenvalue weighted by molar-refractivity contribution is 9.10. The Bertz CT molecular complexity index is 1360. The average molecular weight is 671 g/mol. The molecule has 0 radical (unpaired) electrons. The molecule has 2 aliphatic heterocycles. The number of benzene rings is 2. The molecule has 2 bridgehead atoms. The molecule has 2 saturated heterocycles. The maximum Gasteiger partial charge on any atom is 0.298 e. The van der Waals surface area contributed by atoms with E-state index in [0.29, 0.717) is 48.4 Å². The molecule has 230 valence electrons. The molecule has 3 aliphatic rings. The lowest BCUT2D eigenvalue weighted by molar-refractivity contribution is -0.149. The molecular formula is C30H38BrF2N3O5S. The fourth-order valence-electron chi connectivity index (χ4n) is 6.55. The van der Waals surface area contributed by atoms with E-state index in [1.807, 2.05) is 0 Å². The van der Waals surface area contributed by atoms with E-state index in [1.54, 1.807) is 0 Å². The van der Waals surface area contributed by atoms with Crippen LogP contribution in [0.2, 0.25) is 0 Å². The van der Waals surface area contributed by atoms with Gasteiger partial charge < -0.3 is 20.1 Å². The third-order valence-corrected chi connectivity index (χ3v) is 10.9. The van der Waals surface area contributed by atoms with E-state index in [-0.39, 0.29) is 28.8 Å². The highest BCUT2D eigenvalue weighted by Crippen LogP contribution is 2.41. The summed E-state index contributed by atoms with van der Waals surface area (Å²) in [5.74, 6) is -3.76. The number of amides is 1. The van der Waals surface area contributed by atoms with E-state index in [9.17, 15) is 13.2 Å². The Kier molecular flexibility index (Phi) is 9.46. The Morgan fingerprint density at radius 2 is 1.71 bits per heavy atom. The number of nitrogens with one attached hydrogen (secondary N) is 1. The number of nitrogens with two attached hydrogens (primary N) is 1. The Labute approximate surface area is 254 Å². The Morgan fingerprint density at radius 3 is 2.33 bits per heavy atom. The van der Waals surface area contributed by atoms with Crippen LogP contribution in [-0.4, -0.2) is 57.1 Å². The standard InChI is InChI=1S/C30H38BrF2N3O5S/c1-40-27-15-20(7-14-26(27)31)30(32,33)28(29(37)36-22-8-9-23(36)17-21(34)16-22)35-42(38,39)25-12-10-24(11-13-25)41-18-19-5-3-2-4-6-19/h7,10-15,19,21-23,28,35H,2-6,8-9,16-18,34H2,1H3/t21?,22?,23?,28-/m0/s1. The zero-order chi connectivity index (χ0) is 30.1. The highest BCUT2D eigenvalue weighted by atomic mass is 79.9. The number of halogens is 3. The van der Waals surface area contributed by atoms with Gasteiger partial charge >= 0.3 is 0 Å². The van der Waals surface area contributed by atoms with Crippen molar-refractivity contribution >= 4 is 31.9 Å². The van der Waals surface area contributed by atoms with Gasteiger partial charge in [0.15, 0.2) is 6.04 Å². The molecule has 2 heterocycles. The fraction of sp³-hybridized carbons (Fsp3) is 0.567. The summed E-state index contributed by atoms with van der Waals surface area (Å²) in [5.41, 5.74) is 5.60. The number of alkyl halides is 2. The monoisotopic (exact) mass is 669 g/mol. The van der Waals surface area contributed by atoms with Crippen LogP contribution in [0, 0.1) is 5.92 Å². The van der Waals surface area contributed by atoms with Gasteiger partial charge in [-0.2, -0.15) is 13.5 Å². The summed E-state index contributed by atoms with van der Waals surface area (Å²) in [6.07, 6.45) is 8.07. The number of piperidine rings is 1. The van der Waals surface area contributed by atoms with Crippen LogP contribution in [0.4, 0.5) is 8.78 Å². The molecule has 0 aromatic heterocycles. The molecule has 42 heavy (non-hydrogen) atoms. The van der Waals surface area contributed by atoms with Crippen LogP contribution in [0.15, 0.2) is 51.8 Å². The van der Waals surface area contributed by atoms with Crippen LogP contribution in [0.3, 0.4) is 0 Å². The van der Waals surface area contributed by atoms with Crippen molar-refractivity contribution in [1.82, 2.24) is 9.62 Å². The minimum atomic E-state index is -4.53. The molecule has 3 fully saturated rings. The van der Waals surface area contributed by atoms with E-state index in [1.165, 1.54) is 61.6 Å². The predicted octanol–water partition coefficient (Wildman–Crippen LogP) is 5.34. The fourth-order valence-corrected chi connectivity index (χ4v) is 8.15. The molecule has 1 saturated carbocycles. The van der Waals surface area contributed by atoms with Crippen LogP contribution in [0.1, 0.15) is 63.4 Å². The quantitative estimate of drug-likeness (QED) is 0.354. The van der Waals surface area contributed by atoms with Gasteiger partial charge in [-0.15, -0.1) is 0 Å². The van der Waals surface area contributed by atoms with Crippen LogP contribution in [0.25, 0.3) is 0 Å². The van der Waals surface area contributed by atoms with Crippen molar-refractivity contribution in [1.29, 1.82) is 0 Å². The van der Waals surface area contributed by atoms with Gasteiger partial charge in [0.2, 0.25) is 15.9 Å². The molecule has 3 atom stereocenters. The zero-order valence-electron chi connectivity index (χ0n) is 23.6. The molecule has 3 N–H and O–H groups in total. The summed E-state index contributed by atoms with van der Waals surface area (Å²) in [7, 11) is -3.20. The number of nitrogens with zero attached hydrogens (tertiary/aromatic N) is 1. The summed E-state index contributed by atoms with van der Waals surface area (Å²) in [4.78, 5) is 15.1. The second kappa shape index (κ2) is 12.8. The lowest BCUT2D eigenvalue weighted by atomic mass is 9.90. The van der Waals surface area contributed by atoms with Gasteiger partial charge in [0.25, 0.3) is 5.92 Å². The van der Waals surface area contributed by atoms with Crippen molar-refractivity contribution < 1.29 is 31.5 Å². The normalized spacial score (nSPS) is 23.9. The summed E-state index contributed by atoms with van der Waals surface area (Å²) >= 11 is 3.26. The molecule has 2 unspecified atom stereocenters. The lowest BCUT2D eigenvalue weighted by Crippen LogP contribution is -2.60. The SMILES string of the molecule is COc1cc(C(F)(F)[C@@H](NS(=O)(=O)c2ccc(OCC3CCCCC3)cc2)C(=O)N2C3CCC2CC(N)C3)ccc1Br. The van der Waals surface area contributed by atoms with Crippen LogP contribution < -0.4 is 19.9 Å². The number of hydrogen-bond acceptors (Lipinski definition) is 6. The maximum absolute atomic E-state index is 16.3. The molecular weight excluding hydrogens is 632 g/mol. The molecule has 8 nitrogen and oxygen atoms in total. The Hall–Kier alpha value is -2.28. The van der Waals surface area contributed by atoms with Crippen molar-refractivity contribution in [3.63, 3.8) is 0 Å². The number of carbonyl (C=O) groups excluding carboxylic acids is 1. The maximum atomic E-state index is 16.3. The number of ether oxygens (including phenoxy) is 2.